The highest BCUT2D eigenvalue weighted by atomic mass is 28.4. The topological polar surface area (TPSA) is 90.5 Å². The first kappa shape index (κ1) is 31.8. The standard InChI is InChI=1S/C34H49N7O3Si/c1-23-19-40(29-18-31(42)38(6)30-21-41(37-33(29)30)32-11-9-10-16-43-32)26(22-44-45(7,8)34(3,4)5)20-39(23)24(2)25-12-13-27-28(17-25)36-15-14-35-27/h12-15,17-18,21,23-24,26,32H,9-11,16,19-20,22H2,1-8H3/t23-,24?,26-,32?/m1/s1. The second-order valence-electron chi connectivity index (χ2n) is 14.5. The number of aryl methyl sites for hydroxylation is 1. The monoisotopic (exact) mass is 631 g/mol. The summed E-state index contributed by atoms with van der Waals surface area (Å²) in [6.45, 7) is 18.9. The number of hydrogen-bond acceptors (Lipinski definition) is 8. The van der Waals surface area contributed by atoms with E-state index in [1.165, 1.54) is 5.56 Å². The molecule has 45 heavy (non-hydrogen) atoms. The molecule has 0 bridgehead atoms. The molecule has 2 fully saturated rings. The van der Waals surface area contributed by atoms with Crippen LogP contribution in [0, 0.1) is 0 Å². The minimum atomic E-state index is -2.03. The Morgan fingerprint density at radius 2 is 1.84 bits per heavy atom. The number of anilines is 1. The minimum Gasteiger partial charge on any atom is -0.415 e. The second-order valence-corrected chi connectivity index (χ2v) is 19.3. The Hall–Kier alpha value is -3.12. The maximum atomic E-state index is 13.4. The van der Waals surface area contributed by atoms with E-state index in [1.807, 2.05) is 17.9 Å². The number of hydrogen-bond donors (Lipinski definition) is 0. The molecule has 0 N–H and O–H groups in total. The molecule has 0 radical (unpaired) electrons. The molecule has 0 spiro atoms. The van der Waals surface area contributed by atoms with Crippen LogP contribution in [0.2, 0.25) is 18.1 Å². The molecule has 2 aliphatic heterocycles. The molecule has 3 aromatic heterocycles. The van der Waals surface area contributed by atoms with Crippen molar-refractivity contribution in [1.29, 1.82) is 0 Å². The molecular weight excluding hydrogens is 583 g/mol. The number of piperazine rings is 1. The Labute approximate surface area is 267 Å². The zero-order chi connectivity index (χ0) is 32.1. The van der Waals surface area contributed by atoms with Crippen molar-refractivity contribution in [2.24, 2.45) is 7.05 Å². The highest BCUT2D eigenvalue weighted by Gasteiger charge is 2.41. The fraction of sp³-hybridized carbons (Fsp3) is 0.588. The Balaban J connectivity index is 1.37. The van der Waals surface area contributed by atoms with E-state index in [2.05, 4.69) is 85.7 Å². The van der Waals surface area contributed by atoms with Crippen molar-refractivity contribution in [2.45, 2.75) is 96.4 Å². The molecule has 10 nitrogen and oxygen atoms in total. The van der Waals surface area contributed by atoms with Crippen LogP contribution in [0.15, 0.2) is 47.7 Å². The fourth-order valence-corrected chi connectivity index (χ4v) is 7.54. The Morgan fingerprint density at radius 1 is 1.09 bits per heavy atom. The lowest BCUT2D eigenvalue weighted by Gasteiger charge is -2.49. The van der Waals surface area contributed by atoms with E-state index >= 15 is 0 Å². The first-order valence-electron chi connectivity index (χ1n) is 16.4. The molecule has 11 heteroatoms. The van der Waals surface area contributed by atoms with Crippen LogP contribution in [-0.4, -0.2) is 75.9 Å². The Kier molecular flexibility index (Phi) is 8.66. The van der Waals surface area contributed by atoms with Crippen molar-refractivity contribution < 1.29 is 9.16 Å². The van der Waals surface area contributed by atoms with Gasteiger partial charge in [-0.05, 0) is 68.9 Å². The third-order valence-electron chi connectivity index (χ3n) is 10.5. The van der Waals surface area contributed by atoms with Gasteiger partial charge < -0.3 is 18.6 Å². The molecule has 4 aromatic rings. The van der Waals surface area contributed by atoms with Crippen LogP contribution in [-0.2, 0) is 16.2 Å². The van der Waals surface area contributed by atoms with E-state index in [4.69, 9.17) is 14.3 Å². The molecule has 2 aliphatic rings. The van der Waals surface area contributed by atoms with Crippen LogP contribution in [0.5, 0.6) is 0 Å². The average Bonchev–Trinajstić information content (AvgIpc) is 3.47. The zero-order valence-electron chi connectivity index (χ0n) is 28.2. The first-order valence-corrected chi connectivity index (χ1v) is 19.3. The molecule has 4 atom stereocenters. The van der Waals surface area contributed by atoms with Crippen molar-refractivity contribution in [3.8, 4) is 0 Å². The van der Waals surface area contributed by atoms with Crippen LogP contribution < -0.4 is 10.5 Å². The summed E-state index contributed by atoms with van der Waals surface area (Å²) in [5.74, 6) is 0. The van der Waals surface area contributed by atoms with Crippen LogP contribution in [0.25, 0.3) is 22.1 Å². The van der Waals surface area contributed by atoms with E-state index in [0.29, 0.717) is 6.61 Å². The summed E-state index contributed by atoms with van der Waals surface area (Å²) in [5, 5.41) is 5.17. The van der Waals surface area contributed by atoms with Gasteiger partial charge in [-0.2, -0.15) is 5.10 Å². The lowest BCUT2D eigenvalue weighted by molar-refractivity contribution is -0.0390. The minimum absolute atomic E-state index is 0.0319. The lowest BCUT2D eigenvalue weighted by Crippen LogP contribution is -2.60. The maximum Gasteiger partial charge on any atom is 0.252 e. The summed E-state index contributed by atoms with van der Waals surface area (Å²) in [6, 6.07) is 8.58. The number of pyridine rings is 1. The third-order valence-corrected chi connectivity index (χ3v) is 15.0. The van der Waals surface area contributed by atoms with E-state index in [9.17, 15) is 4.79 Å². The van der Waals surface area contributed by atoms with Gasteiger partial charge in [0, 0.05) is 57.3 Å². The molecule has 1 aromatic carbocycles. The maximum absolute atomic E-state index is 13.4. The number of aromatic nitrogens is 5. The summed E-state index contributed by atoms with van der Waals surface area (Å²) >= 11 is 0. The molecule has 6 rings (SSSR count). The van der Waals surface area contributed by atoms with E-state index in [0.717, 1.165) is 66.7 Å². The SMILES string of the molecule is CC(c1ccc2nccnc2c1)N1C[C@H](CO[Si](C)(C)C(C)(C)C)N(c2cc(=O)n(C)c3cn(C4CCCCO4)nc23)C[C@H]1C. The predicted octanol–water partition coefficient (Wildman–Crippen LogP) is 6.04. The van der Waals surface area contributed by atoms with Gasteiger partial charge in [0.25, 0.3) is 5.56 Å². The van der Waals surface area contributed by atoms with Gasteiger partial charge in [0.2, 0.25) is 0 Å². The van der Waals surface area contributed by atoms with Crippen molar-refractivity contribution in [3.05, 3.63) is 58.8 Å². The highest BCUT2D eigenvalue weighted by Crippen LogP contribution is 2.38. The summed E-state index contributed by atoms with van der Waals surface area (Å²) in [6.07, 6.45) is 8.48. The van der Waals surface area contributed by atoms with Crippen LogP contribution >= 0.6 is 0 Å². The molecule has 0 aliphatic carbocycles. The summed E-state index contributed by atoms with van der Waals surface area (Å²) < 4.78 is 16.6. The molecule has 242 valence electrons. The second kappa shape index (κ2) is 12.2. The lowest BCUT2D eigenvalue weighted by atomic mass is 9.99. The number of ether oxygens (including phenoxy) is 1. The average molecular weight is 632 g/mol. The first-order chi connectivity index (χ1) is 21.3. The molecule has 5 heterocycles. The molecule has 2 unspecified atom stereocenters. The van der Waals surface area contributed by atoms with E-state index < -0.39 is 8.32 Å². The molecular formula is C34H49N7O3Si. The number of rotatable bonds is 7. The number of fused-ring (bicyclic) bond motifs is 2. The molecule has 2 saturated heterocycles. The van der Waals surface area contributed by atoms with Gasteiger partial charge >= 0.3 is 0 Å². The molecule has 0 amide bonds. The zero-order valence-corrected chi connectivity index (χ0v) is 29.2. The predicted molar refractivity (Wildman–Crippen MR) is 182 cm³/mol. The summed E-state index contributed by atoms with van der Waals surface area (Å²) in [5.41, 5.74) is 5.54. The van der Waals surface area contributed by atoms with Gasteiger partial charge in [-0.1, -0.05) is 26.8 Å². The van der Waals surface area contributed by atoms with Crippen molar-refractivity contribution in [3.63, 3.8) is 0 Å². The Bertz CT molecular complexity index is 1720. The van der Waals surface area contributed by atoms with Crippen LogP contribution in [0.1, 0.15) is 71.7 Å². The van der Waals surface area contributed by atoms with Crippen molar-refractivity contribution >= 4 is 36.1 Å². The van der Waals surface area contributed by atoms with E-state index in [1.54, 1.807) is 23.0 Å². The molecule has 0 saturated carbocycles. The van der Waals surface area contributed by atoms with Crippen molar-refractivity contribution in [2.75, 3.05) is 31.2 Å². The third kappa shape index (κ3) is 6.19. The number of nitrogens with zero attached hydrogens (tertiary/aromatic N) is 7. The smallest absolute Gasteiger partial charge is 0.252 e. The van der Waals surface area contributed by atoms with Gasteiger partial charge in [-0.25, -0.2) is 4.68 Å². The highest BCUT2D eigenvalue weighted by molar-refractivity contribution is 6.74. The van der Waals surface area contributed by atoms with Gasteiger partial charge in [-0.3, -0.25) is 19.7 Å². The van der Waals surface area contributed by atoms with Gasteiger partial charge in [0.15, 0.2) is 8.32 Å². The fourth-order valence-electron chi connectivity index (χ4n) is 6.50. The quantitative estimate of drug-likeness (QED) is 0.228. The van der Waals surface area contributed by atoms with Gasteiger partial charge in [-0.15, -0.1) is 0 Å². The van der Waals surface area contributed by atoms with Gasteiger partial charge in [0.1, 0.15) is 11.7 Å². The normalized spacial score (nSPS) is 22.8. The largest absolute Gasteiger partial charge is 0.415 e. The van der Waals surface area contributed by atoms with Crippen LogP contribution in [0.4, 0.5) is 5.69 Å². The van der Waals surface area contributed by atoms with E-state index in [-0.39, 0.29) is 35.0 Å². The Morgan fingerprint density at radius 3 is 2.56 bits per heavy atom. The summed E-state index contributed by atoms with van der Waals surface area (Å²) in [7, 11) is -0.205. The number of benzene rings is 1. The van der Waals surface area contributed by atoms with Crippen LogP contribution in [0.3, 0.4) is 0 Å². The summed E-state index contributed by atoms with van der Waals surface area (Å²) in [4.78, 5) is 27.4. The van der Waals surface area contributed by atoms with Crippen molar-refractivity contribution in [1.82, 2.24) is 29.2 Å². The van der Waals surface area contributed by atoms with Gasteiger partial charge in [0.05, 0.1) is 41.1 Å².